The van der Waals surface area contributed by atoms with E-state index in [1.807, 2.05) is 12.1 Å². The van der Waals surface area contributed by atoms with Crippen LogP contribution >= 0.6 is 0 Å². The molecule has 1 nitrogen and oxygen atoms in total. The molecule has 0 aromatic heterocycles. The van der Waals surface area contributed by atoms with Gasteiger partial charge in [0.25, 0.3) is 0 Å². The molecule has 108 valence electrons. The molecule has 0 unspecified atom stereocenters. The molecular weight excluding hydrogens is 270 g/mol. The van der Waals surface area contributed by atoms with Crippen LogP contribution in [0.15, 0.2) is 42.5 Å². The number of rotatable bonds is 4. The van der Waals surface area contributed by atoms with Crippen LogP contribution in [-0.2, 0) is 6.42 Å². The topological polar surface area (TPSA) is 17.1 Å². The Bertz CT molecular complexity index is 675. The Kier molecular flexibility index (Phi) is 3.82. The molecule has 1 saturated carbocycles. The predicted molar refractivity (Wildman–Crippen MR) is 77.4 cm³/mol. The van der Waals surface area contributed by atoms with Crippen LogP contribution in [0.3, 0.4) is 0 Å². The van der Waals surface area contributed by atoms with E-state index in [0.29, 0.717) is 17.0 Å². The largest absolute Gasteiger partial charge is 0.294 e. The van der Waals surface area contributed by atoms with E-state index in [9.17, 15) is 13.6 Å². The zero-order chi connectivity index (χ0) is 14.8. The van der Waals surface area contributed by atoms with E-state index in [2.05, 4.69) is 6.07 Å². The van der Waals surface area contributed by atoms with E-state index < -0.39 is 11.6 Å². The smallest absolute Gasteiger partial charge is 0.167 e. The van der Waals surface area contributed by atoms with E-state index in [-0.39, 0.29) is 12.2 Å². The third kappa shape index (κ3) is 3.02. The monoisotopic (exact) mass is 286 g/mol. The lowest BCUT2D eigenvalue weighted by atomic mass is 9.79. The summed E-state index contributed by atoms with van der Waals surface area (Å²) in [6, 6.07) is 11.3. The molecule has 1 aliphatic carbocycles. The van der Waals surface area contributed by atoms with Crippen LogP contribution in [0.25, 0.3) is 0 Å². The molecule has 0 N–H and O–H groups in total. The van der Waals surface area contributed by atoms with Gasteiger partial charge in [0.05, 0.1) is 0 Å². The number of Topliss-reactive ketones (excluding diaryl/α,β-unsaturated/α-hetero) is 1. The fourth-order valence-electron chi connectivity index (χ4n) is 2.64. The summed E-state index contributed by atoms with van der Waals surface area (Å²) in [7, 11) is 0. The molecule has 1 aliphatic rings. The summed E-state index contributed by atoms with van der Waals surface area (Å²) in [5.41, 5.74) is 2.34. The molecule has 2 aromatic rings. The molecule has 0 atom stereocenters. The van der Waals surface area contributed by atoms with Crippen LogP contribution in [0.5, 0.6) is 0 Å². The molecule has 0 saturated heterocycles. The van der Waals surface area contributed by atoms with E-state index in [1.165, 1.54) is 30.9 Å². The Morgan fingerprint density at radius 3 is 2.52 bits per heavy atom. The molecule has 3 heteroatoms. The first-order valence-electron chi connectivity index (χ1n) is 7.20. The second kappa shape index (κ2) is 5.76. The van der Waals surface area contributed by atoms with Crippen molar-refractivity contribution in [1.82, 2.24) is 0 Å². The highest BCUT2D eigenvalue weighted by atomic mass is 19.2. The highest BCUT2D eigenvalue weighted by Gasteiger charge is 2.20. The molecule has 0 spiro atoms. The van der Waals surface area contributed by atoms with Gasteiger partial charge in [-0.3, -0.25) is 4.79 Å². The van der Waals surface area contributed by atoms with Crippen LogP contribution in [0, 0.1) is 11.6 Å². The summed E-state index contributed by atoms with van der Waals surface area (Å²) in [6.07, 6.45) is 3.70. The van der Waals surface area contributed by atoms with Gasteiger partial charge in [0, 0.05) is 12.0 Å². The normalized spacial score (nSPS) is 14.8. The first kappa shape index (κ1) is 13.9. The van der Waals surface area contributed by atoms with E-state index >= 15 is 0 Å². The van der Waals surface area contributed by atoms with Gasteiger partial charge in [0.2, 0.25) is 0 Å². The molecule has 3 rings (SSSR count). The van der Waals surface area contributed by atoms with Crippen molar-refractivity contribution in [3.8, 4) is 0 Å². The molecule has 0 aliphatic heterocycles. The second-order valence-corrected chi connectivity index (χ2v) is 5.60. The van der Waals surface area contributed by atoms with Gasteiger partial charge >= 0.3 is 0 Å². The SMILES string of the molecule is O=C(Cc1ccc(F)c(F)c1)c1cccc(C2CCC2)c1. The lowest BCUT2D eigenvalue weighted by Crippen LogP contribution is -2.10. The number of carbonyl (C=O) groups is 1. The summed E-state index contributed by atoms with van der Waals surface area (Å²) in [5, 5.41) is 0. The van der Waals surface area contributed by atoms with Crippen molar-refractivity contribution >= 4 is 5.78 Å². The van der Waals surface area contributed by atoms with Gasteiger partial charge < -0.3 is 0 Å². The van der Waals surface area contributed by atoms with E-state index in [0.717, 1.165) is 12.1 Å². The van der Waals surface area contributed by atoms with Crippen molar-refractivity contribution in [2.45, 2.75) is 31.6 Å². The Balaban J connectivity index is 1.76. The average molecular weight is 286 g/mol. The van der Waals surface area contributed by atoms with Crippen LogP contribution in [0.4, 0.5) is 8.78 Å². The maximum atomic E-state index is 13.2. The summed E-state index contributed by atoms with van der Waals surface area (Å²) in [4.78, 5) is 12.3. The lowest BCUT2D eigenvalue weighted by Gasteiger charge is -2.26. The molecular formula is C18H16F2O. The third-order valence-corrected chi connectivity index (χ3v) is 4.13. The van der Waals surface area contributed by atoms with Crippen molar-refractivity contribution in [2.24, 2.45) is 0 Å². The third-order valence-electron chi connectivity index (χ3n) is 4.13. The van der Waals surface area contributed by atoms with Crippen LogP contribution in [-0.4, -0.2) is 5.78 Å². The Morgan fingerprint density at radius 2 is 1.86 bits per heavy atom. The molecule has 0 radical (unpaired) electrons. The highest BCUT2D eigenvalue weighted by Crippen LogP contribution is 2.36. The number of ketones is 1. The molecule has 1 fully saturated rings. The van der Waals surface area contributed by atoms with E-state index in [4.69, 9.17) is 0 Å². The maximum absolute atomic E-state index is 13.2. The van der Waals surface area contributed by atoms with Crippen LogP contribution in [0.1, 0.15) is 46.7 Å². The predicted octanol–water partition coefficient (Wildman–Crippen LogP) is 4.66. The van der Waals surface area contributed by atoms with Gasteiger partial charge in [0.1, 0.15) is 0 Å². The Hall–Kier alpha value is -2.03. The number of halogens is 2. The number of hydrogen-bond donors (Lipinski definition) is 0. The van der Waals surface area contributed by atoms with Crippen molar-refractivity contribution in [2.75, 3.05) is 0 Å². The summed E-state index contributed by atoms with van der Waals surface area (Å²) in [5.74, 6) is -1.30. The van der Waals surface area contributed by atoms with Crippen molar-refractivity contribution < 1.29 is 13.6 Å². The van der Waals surface area contributed by atoms with Crippen LogP contribution < -0.4 is 0 Å². The Labute approximate surface area is 122 Å². The van der Waals surface area contributed by atoms with E-state index in [1.54, 1.807) is 6.07 Å². The van der Waals surface area contributed by atoms with Gasteiger partial charge in [0.15, 0.2) is 17.4 Å². The molecule has 0 bridgehead atoms. The van der Waals surface area contributed by atoms with Crippen molar-refractivity contribution in [3.63, 3.8) is 0 Å². The van der Waals surface area contributed by atoms with Gasteiger partial charge in [-0.25, -0.2) is 8.78 Å². The van der Waals surface area contributed by atoms with Crippen LogP contribution in [0.2, 0.25) is 0 Å². The highest BCUT2D eigenvalue weighted by molar-refractivity contribution is 5.97. The van der Waals surface area contributed by atoms with Crippen molar-refractivity contribution in [3.05, 3.63) is 70.8 Å². The lowest BCUT2D eigenvalue weighted by molar-refractivity contribution is 0.0992. The fraction of sp³-hybridized carbons (Fsp3) is 0.278. The zero-order valence-electron chi connectivity index (χ0n) is 11.6. The first-order chi connectivity index (χ1) is 10.1. The Morgan fingerprint density at radius 1 is 1.05 bits per heavy atom. The molecule has 21 heavy (non-hydrogen) atoms. The quantitative estimate of drug-likeness (QED) is 0.747. The maximum Gasteiger partial charge on any atom is 0.167 e. The second-order valence-electron chi connectivity index (χ2n) is 5.60. The zero-order valence-corrected chi connectivity index (χ0v) is 11.6. The standard InChI is InChI=1S/C18H16F2O/c19-16-8-7-12(9-17(16)20)10-18(21)15-6-2-5-14(11-15)13-3-1-4-13/h2,5-9,11,13H,1,3-4,10H2. The minimum Gasteiger partial charge on any atom is -0.294 e. The van der Waals surface area contributed by atoms with Crippen molar-refractivity contribution in [1.29, 1.82) is 0 Å². The summed E-state index contributed by atoms with van der Waals surface area (Å²) < 4.78 is 26.1. The first-order valence-corrected chi connectivity index (χ1v) is 7.20. The van der Waals surface area contributed by atoms with Gasteiger partial charge in [-0.15, -0.1) is 0 Å². The van der Waals surface area contributed by atoms with Gasteiger partial charge in [-0.2, -0.15) is 0 Å². The number of carbonyl (C=O) groups excluding carboxylic acids is 1. The molecule has 0 amide bonds. The summed E-state index contributed by atoms with van der Waals surface area (Å²) >= 11 is 0. The number of benzene rings is 2. The number of hydrogen-bond acceptors (Lipinski definition) is 1. The molecule has 0 heterocycles. The average Bonchev–Trinajstić information content (AvgIpc) is 2.41. The molecule has 2 aromatic carbocycles. The summed E-state index contributed by atoms with van der Waals surface area (Å²) in [6.45, 7) is 0. The fourth-order valence-corrected chi connectivity index (χ4v) is 2.64. The van der Waals surface area contributed by atoms with Gasteiger partial charge in [-0.05, 0) is 48.1 Å². The van der Waals surface area contributed by atoms with Gasteiger partial charge in [-0.1, -0.05) is 30.7 Å². The minimum absolute atomic E-state index is 0.0674. The minimum atomic E-state index is -0.913.